The summed E-state index contributed by atoms with van der Waals surface area (Å²) in [5, 5.41) is 0.357. The second-order valence-corrected chi connectivity index (χ2v) is 15.7. The summed E-state index contributed by atoms with van der Waals surface area (Å²) in [7, 11) is -5.16. The van der Waals surface area contributed by atoms with Gasteiger partial charge in [0.15, 0.2) is 9.84 Å². The van der Waals surface area contributed by atoms with Gasteiger partial charge in [0.1, 0.15) is 0 Å². The lowest BCUT2D eigenvalue weighted by Crippen LogP contribution is -2.50. The number of rotatable bonds is 6. The van der Waals surface area contributed by atoms with Crippen LogP contribution in [0.2, 0.25) is 16.6 Å². The molecule has 120 valence electrons. The summed E-state index contributed by atoms with van der Waals surface area (Å²) in [5.41, 5.74) is 2.46. The van der Waals surface area contributed by atoms with E-state index in [9.17, 15) is 8.42 Å². The van der Waals surface area contributed by atoms with E-state index in [2.05, 4.69) is 41.5 Å². The highest BCUT2D eigenvalue weighted by Gasteiger charge is 2.46. The van der Waals surface area contributed by atoms with E-state index in [0.29, 0.717) is 26.9 Å². The highest BCUT2D eigenvalue weighted by atomic mass is 32.2. The zero-order valence-electron chi connectivity index (χ0n) is 14.5. The topological polar surface area (TPSA) is 34.1 Å². The number of aryl methyl sites for hydroxylation is 1. The second kappa shape index (κ2) is 6.65. The fourth-order valence-electron chi connectivity index (χ4n) is 3.66. The molecule has 4 heteroatoms. The van der Waals surface area contributed by atoms with E-state index >= 15 is 0 Å². The number of sulfone groups is 1. The number of hydrogen-bond acceptors (Lipinski definition) is 2. The molecular weight excluding hydrogens is 296 g/mol. The van der Waals surface area contributed by atoms with Gasteiger partial charge in [0, 0.05) is 5.38 Å². The van der Waals surface area contributed by atoms with E-state index in [1.165, 1.54) is 0 Å². The summed E-state index contributed by atoms with van der Waals surface area (Å²) in [6.45, 7) is 15.2. The molecule has 0 aliphatic carbocycles. The van der Waals surface area contributed by atoms with Gasteiger partial charge >= 0.3 is 0 Å². The van der Waals surface area contributed by atoms with Crippen molar-refractivity contribution in [1.29, 1.82) is 0 Å². The molecule has 0 N–H and O–H groups in total. The Morgan fingerprint density at radius 2 is 1.24 bits per heavy atom. The maximum atomic E-state index is 12.9. The molecule has 0 bridgehead atoms. The van der Waals surface area contributed by atoms with Crippen molar-refractivity contribution in [3.63, 3.8) is 0 Å². The van der Waals surface area contributed by atoms with E-state index in [0.717, 1.165) is 5.56 Å². The Labute approximate surface area is 131 Å². The molecule has 0 unspecified atom stereocenters. The van der Waals surface area contributed by atoms with Crippen LogP contribution in [-0.4, -0.2) is 21.9 Å². The van der Waals surface area contributed by atoms with Crippen LogP contribution in [0.3, 0.4) is 0 Å². The molecule has 0 fully saturated rings. The van der Waals surface area contributed by atoms with Crippen molar-refractivity contribution in [2.75, 3.05) is 5.38 Å². The summed E-state index contributed by atoms with van der Waals surface area (Å²) in [6.07, 6.45) is 0. The van der Waals surface area contributed by atoms with Crippen LogP contribution in [0.25, 0.3) is 0 Å². The molecule has 2 nitrogen and oxygen atoms in total. The summed E-state index contributed by atoms with van der Waals surface area (Å²) < 4.78 is 25.8. The van der Waals surface area contributed by atoms with Gasteiger partial charge in [-0.05, 0) is 35.7 Å². The van der Waals surface area contributed by atoms with Crippen LogP contribution in [0.15, 0.2) is 29.2 Å². The Balaban J connectivity index is 3.28. The van der Waals surface area contributed by atoms with Crippen LogP contribution < -0.4 is 0 Å². The van der Waals surface area contributed by atoms with Gasteiger partial charge in [-0.3, -0.25) is 0 Å². The third kappa shape index (κ3) is 3.78. The molecule has 0 radical (unpaired) electrons. The molecule has 0 amide bonds. The van der Waals surface area contributed by atoms with E-state index in [4.69, 9.17) is 0 Å². The molecule has 1 aromatic rings. The molecule has 21 heavy (non-hydrogen) atoms. The van der Waals surface area contributed by atoms with Crippen molar-refractivity contribution in [3.8, 4) is 0 Å². The quantitative estimate of drug-likeness (QED) is 0.690. The minimum atomic E-state index is -3.21. The lowest BCUT2D eigenvalue weighted by molar-refractivity contribution is 0.598. The minimum Gasteiger partial charge on any atom is -0.224 e. The smallest absolute Gasteiger partial charge is 0.175 e. The molecule has 0 spiro atoms. The predicted molar refractivity (Wildman–Crippen MR) is 94.3 cm³/mol. The first kappa shape index (κ1) is 18.4. The van der Waals surface area contributed by atoms with E-state index in [1.807, 2.05) is 19.1 Å². The molecular formula is C17H30O2SSi. The number of hydrogen-bond donors (Lipinski definition) is 0. The van der Waals surface area contributed by atoms with Crippen molar-refractivity contribution in [3.05, 3.63) is 29.8 Å². The average Bonchev–Trinajstić information content (AvgIpc) is 2.35. The fraction of sp³-hybridized carbons (Fsp3) is 0.647. The van der Waals surface area contributed by atoms with Gasteiger partial charge < -0.3 is 0 Å². The standard InChI is InChI=1S/C17H30O2SSi/c1-13(2)21(14(3)4,15(5)6)12-20(18,19)17-10-8-16(7)9-11-17/h8-11,13-15H,12H2,1-7H3. The van der Waals surface area contributed by atoms with Crippen LogP contribution in [0, 0.1) is 6.92 Å². The van der Waals surface area contributed by atoms with Crippen LogP contribution in [0.4, 0.5) is 0 Å². The van der Waals surface area contributed by atoms with Crippen LogP contribution in [0.5, 0.6) is 0 Å². The van der Waals surface area contributed by atoms with Gasteiger partial charge in [-0.25, -0.2) is 8.42 Å². The van der Waals surface area contributed by atoms with Gasteiger partial charge in [-0.2, -0.15) is 0 Å². The Morgan fingerprint density at radius 1 is 0.857 bits per heavy atom. The molecule has 0 heterocycles. The molecule has 0 atom stereocenters. The van der Waals surface area contributed by atoms with Crippen LogP contribution in [-0.2, 0) is 9.84 Å². The van der Waals surface area contributed by atoms with Crippen molar-refractivity contribution < 1.29 is 8.42 Å². The Morgan fingerprint density at radius 3 is 1.57 bits per heavy atom. The molecule has 0 aliphatic heterocycles. The Hall–Kier alpha value is -0.613. The van der Waals surface area contributed by atoms with Gasteiger partial charge in [-0.15, -0.1) is 0 Å². The van der Waals surface area contributed by atoms with Crippen molar-refractivity contribution in [2.45, 2.75) is 70.0 Å². The lowest BCUT2D eigenvalue weighted by Gasteiger charge is -2.42. The first-order valence-corrected chi connectivity index (χ1v) is 11.9. The summed E-state index contributed by atoms with van der Waals surface area (Å²) in [6, 6.07) is 7.28. The largest absolute Gasteiger partial charge is 0.224 e. The third-order valence-electron chi connectivity index (χ3n) is 5.04. The zero-order chi connectivity index (χ0) is 16.4. The van der Waals surface area contributed by atoms with Crippen LogP contribution in [0.1, 0.15) is 47.1 Å². The molecule has 0 saturated heterocycles. The lowest BCUT2D eigenvalue weighted by atomic mass is 10.2. The predicted octanol–water partition coefficient (Wildman–Crippen LogP) is 4.99. The molecule has 0 aliphatic rings. The highest BCUT2D eigenvalue weighted by Crippen LogP contribution is 2.43. The summed E-state index contributed by atoms with van der Waals surface area (Å²) in [4.78, 5) is 0.479. The van der Waals surface area contributed by atoms with Gasteiger partial charge in [0.2, 0.25) is 0 Å². The molecule has 0 saturated carbocycles. The SMILES string of the molecule is Cc1ccc(S(=O)(=O)C[Si](C(C)C)(C(C)C)C(C)C)cc1. The monoisotopic (exact) mass is 326 g/mol. The van der Waals surface area contributed by atoms with Gasteiger partial charge in [0.05, 0.1) is 13.0 Å². The first-order chi connectivity index (χ1) is 9.54. The van der Waals surface area contributed by atoms with Crippen molar-refractivity contribution in [2.24, 2.45) is 0 Å². The molecule has 0 aromatic heterocycles. The highest BCUT2D eigenvalue weighted by molar-refractivity contribution is 7.93. The van der Waals surface area contributed by atoms with E-state index < -0.39 is 17.9 Å². The van der Waals surface area contributed by atoms with E-state index in [1.54, 1.807) is 12.1 Å². The Kier molecular flexibility index (Phi) is 5.84. The first-order valence-electron chi connectivity index (χ1n) is 7.83. The van der Waals surface area contributed by atoms with Gasteiger partial charge in [-0.1, -0.05) is 59.2 Å². The summed E-state index contributed by atoms with van der Waals surface area (Å²) in [5.74, 6) is 0. The van der Waals surface area contributed by atoms with Crippen molar-refractivity contribution >= 4 is 17.9 Å². The minimum absolute atomic E-state index is 0.357. The molecule has 1 aromatic carbocycles. The fourth-order valence-corrected chi connectivity index (χ4v) is 15.5. The molecule has 1 rings (SSSR count). The number of benzene rings is 1. The third-order valence-corrected chi connectivity index (χ3v) is 16.0. The van der Waals surface area contributed by atoms with Crippen LogP contribution >= 0.6 is 0 Å². The normalized spacial score (nSPS) is 13.4. The Bertz CT molecular complexity index is 535. The zero-order valence-corrected chi connectivity index (χ0v) is 16.3. The maximum absolute atomic E-state index is 12.9. The van der Waals surface area contributed by atoms with Gasteiger partial charge in [0.25, 0.3) is 0 Å². The second-order valence-electron chi connectivity index (χ2n) is 7.15. The average molecular weight is 327 g/mol. The summed E-state index contributed by atoms with van der Waals surface area (Å²) >= 11 is 0. The van der Waals surface area contributed by atoms with E-state index in [-0.39, 0.29) is 0 Å². The van der Waals surface area contributed by atoms with Crippen molar-refractivity contribution in [1.82, 2.24) is 0 Å². The maximum Gasteiger partial charge on any atom is 0.175 e.